The summed E-state index contributed by atoms with van der Waals surface area (Å²) in [5.74, 6) is 0.868. The molecule has 2 rings (SSSR count). The van der Waals surface area contributed by atoms with Crippen molar-refractivity contribution in [2.75, 3.05) is 25.7 Å². The highest BCUT2D eigenvalue weighted by atomic mass is 16.5. The lowest BCUT2D eigenvalue weighted by Gasteiger charge is -2.27. The van der Waals surface area contributed by atoms with Gasteiger partial charge in [-0.25, -0.2) is 0 Å². The molecule has 2 atom stereocenters. The summed E-state index contributed by atoms with van der Waals surface area (Å²) in [7, 11) is 3.66. The summed E-state index contributed by atoms with van der Waals surface area (Å²) >= 11 is 0. The Morgan fingerprint density at radius 1 is 1.62 bits per heavy atom. The number of likely N-dealkylation sites (N-methyl/N-ethyl adjacent to an activating group) is 1. The fraction of sp³-hybridized carbons (Fsp3) is 0.500. The number of aliphatic hydroxyl groups is 1. The van der Waals surface area contributed by atoms with E-state index in [1.54, 1.807) is 7.11 Å². The zero-order chi connectivity index (χ0) is 11.7. The lowest BCUT2D eigenvalue weighted by molar-refractivity contribution is 0.249. The predicted octanol–water partition coefficient (Wildman–Crippen LogP) is 0.376. The minimum Gasteiger partial charge on any atom is -0.495 e. The molecule has 0 fully saturated rings. The second kappa shape index (κ2) is 4.31. The maximum atomic E-state index is 9.14. The van der Waals surface area contributed by atoms with Crippen molar-refractivity contribution < 1.29 is 9.84 Å². The third kappa shape index (κ3) is 1.64. The Bertz CT molecular complexity index is 381. The smallest absolute Gasteiger partial charge is 0.142 e. The van der Waals surface area contributed by atoms with E-state index in [0.717, 1.165) is 17.9 Å². The normalized spacial score (nSPS) is 20.8. The number of para-hydroxylation sites is 1. The summed E-state index contributed by atoms with van der Waals surface area (Å²) < 4.78 is 5.34. The number of nitrogens with two attached hydrogens (primary N) is 1. The molecule has 4 nitrogen and oxygen atoms in total. The van der Waals surface area contributed by atoms with Gasteiger partial charge in [0.1, 0.15) is 5.75 Å². The number of methoxy groups -OCH3 is 1. The van der Waals surface area contributed by atoms with E-state index >= 15 is 0 Å². The molecule has 4 heteroatoms. The number of hydrogen-bond donors (Lipinski definition) is 2. The Labute approximate surface area is 95.6 Å². The van der Waals surface area contributed by atoms with Gasteiger partial charge >= 0.3 is 0 Å². The molecule has 16 heavy (non-hydrogen) atoms. The molecular formula is C12H18N2O2. The standard InChI is InChI=1S/C12H18N2O2/c1-14-10(9(13)7-15)6-8-4-3-5-11(16-2)12(8)14/h3-5,9-10,15H,6-7,13H2,1-2H3. The van der Waals surface area contributed by atoms with Crippen LogP contribution >= 0.6 is 0 Å². The largest absolute Gasteiger partial charge is 0.495 e. The van der Waals surface area contributed by atoms with E-state index < -0.39 is 0 Å². The molecule has 1 aromatic rings. The van der Waals surface area contributed by atoms with Gasteiger partial charge in [0.25, 0.3) is 0 Å². The summed E-state index contributed by atoms with van der Waals surface area (Å²) in [6, 6.07) is 5.94. The van der Waals surface area contributed by atoms with Crippen molar-refractivity contribution in [3.05, 3.63) is 23.8 Å². The van der Waals surface area contributed by atoms with Crippen LogP contribution in [-0.2, 0) is 6.42 Å². The van der Waals surface area contributed by atoms with Gasteiger partial charge in [0.2, 0.25) is 0 Å². The third-order valence-corrected chi connectivity index (χ3v) is 3.29. The fourth-order valence-corrected chi connectivity index (χ4v) is 2.39. The third-order valence-electron chi connectivity index (χ3n) is 3.29. The summed E-state index contributed by atoms with van der Waals surface area (Å²) in [6.45, 7) is 0.00527. The van der Waals surface area contributed by atoms with Gasteiger partial charge in [0, 0.05) is 13.1 Å². The van der Waals surface area contributed by atoms with Crippen molar-refractivity contribution in [1.29, 1.82) is 0 Å². The first-order chi connectivity index (χ1) is 7.69. The highest BCUT2D eigenvalue weighted by molar-refractivity contribution is 5.68. The van der Waals surface area contributed by atoms with Gasteiger partial charge in [0.15, 0.2) is 0 Å². The van der Waals surface area contributed by atoms with Gasteiger partial charge in [-0.2, -0.15) is 0 Å². The zero-order valence-corrected chi connectivity index (χ0v) is 9.68. The average Bonchev–Trinajstić information content (AvgIpc) is 2.66. The van der Waals surface area contributed by atoms with Gasteiger partial charge < -0.3 is 20.5 Å². The highest BCUT2D eigenvalue weighted by Gasteiger charge is 2.32. The van der Waals surface area contributed by atoms with Gasteiger partial charge in [-0.1, -0.05) is 12.1 Å². The van der Waals surface area contributed by atoms with E-state index in [-0.39, 0.29) is 18.7 Å². The van der Waals surface area contributed by atoms with Crippen molar-refractivity contribution in [1.82, 2.24) is 0 Å². The lowest BCUT2D eigenvalue weighted by atomic mass is 10.0. The van der Waals surface area contributed by atoms with Gasteiger partial charge in [-0.3, -0.25) is 0 Å². The number of ether oxygens (including phenoxy) is 1. The number of benzene rings is 1. The molecule has 1 aliphatic rings. The Morgan fingerprint density at radius 2 is 2.38 bits per heavy atom. The lowest BCUT2D eigenvalue weighted by Crippen LogP contribution is -2.46. The van der Waals surface area contributed by atoms with Crippen LogP contribution in [0.5, 0.6) is 5.75 Å². The number of nitrogens with zero attached hydrogens (tertiary/aromatic N) is 1. The van der Waals surface area contributed by atoms with Crippen LogP contribution < -0.4 is 15.4 Å². The van der Waals surface area contributed by atoms with Crippen LogP contribution in [0, 0.1) is 0 Å². The Morgan fingerprint density at radius 3 is 3.00 bits per heavy atom. The summed E-state index contributed by atoms with van der Waals surface area (Å²) in [6.07, 6.45) is 0.866. The SMILES string of the molecule is COc1cccc2c1N(C)C(C(N)CO)C2. The minimum absolute atomic E-state index is 0.00527. The van der Waals surface area contributed by atoms with E-state index in [1.165, 1.54) is 5.56 Å². The van der Waals surface area contributed by atoms with Crippen molar-refractivity contribution in [3.63, 3.8) is 0 Å². The van der Waals surface area contributed by atoms with Crippen LogP contribution in [-0.4, -0.2) is 38.0 Å². The monoisotopic (exact) mass is 222 g/mol. The Balaban J connectivity index is 2.34. The van der Waals surface area contributed by atoms with Crippen molar-refractivity contribution in [2.24, 2.45) is 5.73 Å². The average molecular weight is 222 g/mol. The number of hydrogen-bond acceptors (Lipinski definition) is 4. The molecule has 0 spiro atoms. The Hall–Kier alpha value is -1.26. The molecule has 0 amide bonds. The predicted molar refractivity (Wildman–Crippen MR) is 64.0 cm³/mol. The molecule has 1 aliphatic heterocycles. The molecule has 0 bridgehead atoms. The van der Waals surface area contributed by atoms with Crippen LogP contribution in [0.15, 0.2) is 18.2 Å². The molecule has 2 unspecified atom stereocenters. The first-order valence-electron chi connectivity index (χ1n) is 5.44. The van der Waals surface area contributed by atoms with Crippen molar-refractivity contribution in [2.45, 2.75) is 18.5 Å². The molecule has 1 aromatic carbocycles. The number of fused-ring (bicyclic) bond motifs is 1. The quantitative estimate of drug-likeness (QED) is 0.776. The van der Waals surface area contributed by atoms with Crippen LogP contribution in [0.2, 0.25) is 0 Å². The van der Waals surface area contributed by atoms with E-state index in [4.69, 9.17) is 15.6 Å². The first kappa shape index (κ1) is 11.2. The zero-order valence-electron chi connectivity index (χ0n) is 9.68. The van der Waals surface area contributed by atoms with E-state index in [9.17, 15) is 0 Å². The molecule has 88 valence electrons. The Kier molecular flexibility index (Phi) is 3.03. The molecule has 0 aromatic heterocycles. The topological polar surface area (TPSA) is 58.7 Å². The highest BCUT2D eigenvalue weighted by Crippen LogP contribution is 2.39. The van der Waals surface area contributed by atoms with Crippen LogP contribution in [0.4, 0.5) is 5.69 Å². The van der Waals surface area contributed by atoms with E-state index in [1.807, 2.05) is 19.2 Å². The van der Waals surface area contributed by atoms with E-state index in [0.29, 0.717) is 0 Å². The van der Waals surface area contributed by atoms with E-state index in [2.05, 4.69) is 11.0 Å². The maximum absolute atomic E-state index is 9.14. The first-order valence-corrected chi connectivity index (χ1v) is 5.44. The molecule has 0 saturated carbocycles. The van der Waals surface area contributed by atoms with Crippen LogP contribution in [0.3, 0.4) is 0 Å². The molecule has 1 heterocycles. The van der Waals surface area contributed by atoms with Gasteiger partial charge in [-0.15, -0.1) is 0 Å². The second-order valence-electron chi connectivity index (χ2n) is 4.20. The van der Waals surface area contributed by atoms with Crippen LogP contribution in [0.1, 0.15) is 5.56 Å². The molecule has 0 aliphatic carbocycles. The van der Waals surface area contributed by atoms with Gasteiger partial charge in [-0.05, 0) is 18.1 Å². The number of anilines is 1. The second-order valence-corrected chi connectivity index (χ2v) is 4.20. The number of rotatable bonds is 3. The molecule has 0 radical (unpaired) electrons. The summed E-state index contributed by atoms with van der Waals surface area (Å²) in [5.41, 5.74) is 8.24. The minimum atomic E-state index is -0.220. The van der Waals surface area contributed by atoms with Crippen molar-refractivity contribution >= 4 is 5.69 Å². The fourth-order valence-electron chi connectivity index (χ4n) is 2.39. The van der Waals surface area contributed by atoms with Crippen LogP contribution in [0.25, 0.3) is 0 Å². The maximum Gasteiger partial charge on any atom is 0.142 e. The van der Waals surface area contributed by atoms with Crippen molar-refractivity contribution in [3.8, 4) is 5.75 Å². The molecule has 0 saturated heterocycles. The molecule has 3 N–H and O–H groups in total. The summed E-state index contributed by atoms with van der Waals surface area (Å²) in [4.78, 5) is 2.11. The molecular weight excluding hydrogens is 204 g/mol. The number of aliphatic hydroxyl groups excluding tert-OH is 1. The van der Waals surface area contributed by atoms with Gasteiger partial charge in [0.05, 0.1) is 25.4 Å². The summed E-state index contributed by atoms with van der Waals surface area (Å²) in [5, 5.41) is 9.14.